The first kappa shape index (κ1) is 16.1. The van der Waals surface area contributed by atoms with Gasteiger partial charge in [0.25, 0.3) is 0 Å². The summed E-state index contributed by atoms with van der Waals surface area (Å²) in [5, 5.41) is 3.30. The van der Waals surface area contributed by atoms with E-state index in [9.17, 15) is 8.42 Å². The van der Waals surface area contributed by atoms with Gasteiger partial charge in [-0.1, -0.05) is 0 Å². The number of sulfonamides is 1. The van der Waals surface area contributed by atoms with Gasteiger partial charge in [0.1, 0.15) is 11.6 Å². The van der Waals surface area contributed by atoms with Crippen LogP contribution in [-0.2, 0) is 14.8 Å². The molecule has 0 spiro atoms. The van der Waals surface area contributed by atoms with Gasteiger partial charge in [-0.15, -0.1) is 0 Å². The van der Waals surface area contributed by atoms with Gasteiger partial charge in [-0.2, -0.15) is 0 Å². The maximum absolute atomic E-state index is 12.0. The number of ether oxygens (including phenoxy) is 1. The largest absolute Gasteiger partial charge is 0.379 e. The molecular weight excluding hydrogens is 292 g/mol. The number of aryl methyl sites for hydroxylation is 2. The Morgan fingerprint density at radius 2 is 2.10 bits per heavy atom. The van der Waals surface area contributed by atoms with E-state index in [1.807, 2.05) is 13.8 Å². The molecule has 8 heteroatoms. The maximum atomic E-state index is 12.0. The van der Waals surface area contributed by atoms with Gasteiger partial charge in [0.15, 0.2) is 0 Å². The molecule has 0 bridgehead atoms. The highest BCUT2D eigenvalue weighted by molar-refractivity contribution is 7.89. The monoisotopic (exact) mass is 314 g/mol. The van der Waals surface area contributed by atoms with Gasteiger partial charge >= 0.3 is 0 Å². The SMILES string of the molecule is Cc1ncc(C)c(N[C@@H]2COC[C@H]2CS(=O)(=O)N(C)C)n1. The summed E-state index contributed by atoms with van der Waals surface area (Å²) in [5.41, 5.74) is 0.932. The van der Waals surface area contributed by atoms with E-state index >= 15 is 0 Å². The van der Waals surface area contributed by atoms with E-state index in [4.69, 9.17) is 4.74 Å². The topological polar surface area (TPSA) is 84.4 Å². The first-order valence-electron chi connectivity index (χ1n) is 6.84. The predicted octanol–water partition coefficient (Wildman–Crippen LogP) is 0.412. The summed E-state index contributed by atoms with van der Waals surface area (Å²) in [7, 11) is -0.150. The van der Waals surface area contributed by atoms with Crippen molar-refractivity contribution in [2.45, 2.75) is 19.9 Å². The number of nitrogens with one attached hydrogen (secondary N) is 1. The van der Waals surface area contributed by atoms with Gasteiger partial charge in [0.2, 0.25) is 10.0 Å². The standard InChI is InChI=1S/C13H22N4O3S/c1-9-5-14-10(2)15-13(9)16-12-7-20-6-11(12)8-21(18,19)17(3)4/h5,11-12H,6-8H2,1-4H3,(H,14,15,16)/t11-,12+/m0/s1. The summed E-state index contributed by atoms with van der Waals surface area (Å²) in [6.45, 7) is 4.66. The Morgan fingerprint density at radius 1 is 1.38 bits per heavy atom. The third kappa shape index (κ3) is 3.90. The van der Waals surface area contributed by atoms with Crippen molar-refractivity contribution in [2.24, 2.45) is 5.92 Å². The number of hydrogen-bond acceptors (Lipinski definition) is 6. The molecule has 1 aromatic heterocycles. The summed E-state index contributed by atoms with van der Waals surface area (Å²) < 4.78 is 30.7. The molecule has 0 saturated carbocycles. The molecule has 2 rings (SSSR count). The number of nitrogens with zero attached hydrogens (tertiary/aromatic N) is 3. The lowest BCUT2D eigenvalue weighted by atomic mass is 10.1. The minimum absolute atomic E-state index is 0.0623. The van der Waals surface area contributed by atoms with Crippen molar-refractivity contribution >= 4 is 15.8 Å². The zero-order chi connectivity index (χ0) is 15.6. The summed E-state index contributed by atoms with van der Waals surface area (Å²) in [6.07, 6.45) is 1.76. The zero-order valence-electron chi connectivity index (χ0n) is 12.8. The number of rotatable bonds is 5. The molecule has 21 heavy (non-hydrogen) atoms. The van der Waals surface area contributed by atoms with Crippen LogP contribution in [0.3, 0.4) is 0 Å². The highest BCUT2D eigenvalue weighted by atomic mass is 32.2. The van der Waals surface area contributed by atoms with E-state index in [2.05, 4.69) is 15.3 Å². The lowest BCUT2D eigenvalue weighted by Gasteiger charge is -2.22. The van der Waals surface area contributed by atoms with Gasteiger partial charge in [-0.3, -0.25) is 0 Å². The van der Waals surface area contributed by atoms with E-state index < -0.39 is 10.0 Å². The third-order valence-electron chi connectivity index (χ3n) is 3.59. The van der Waals surface area contributed by atoms with Crippen LogP contribution in [0.25, 0.3) is 0 Å². The first-order valence-corrected chi connectivity index (χ1v) is 8.45. The molecular formula is C13H22N4O3S. The molecule has 0 aliphatic carbocycles. The van der Waals surface area contributed by atoms with Crippen LogP contribution < -0.4 is 5.32 Å². The molecule has 0 radical (unpaired) electrons. The van der Waals surface area contributed by atoms with Crippen LogP contribution in [0, 0.1) is 19.8 Å². The van der Waals surface area contributed by atoms with Gasteiger partial charge in [-0.25, -0.2) is 22.7 Å². The molecule has 118 valence electrons. The summed E-state index contributed by atoms with van der Waals surface area (Å²) in [6, 6.07) is -0.0623. The molecule has 2 atom stereocenters. The highest BCUT2D eigenvalue weighted by Gasteiger charge is 2.33. The van der Waals surface area contributed by atoms with Crippen LogP contribution in [0.2, 0.25) is 0 Å². The minimum atomic E-state index is -3.24. The fraction of sp³-hybridized carbons (Fsp3) is 0.692. The van der Waals surface area contributed by atoms with Crippen LogP contribution in [0.1, 0.15) is 11.4 Å². The van der Waals surface area contributed by atoms with Crippen molar-refractivity contribution < 1.29 is 13.2 Å². The Hall–Kier alpha value is -1.25. The number of anilines is 1. The van der Waals surface area contributed by atoms with Crippen molar-refractivity contribution in [1.29, 1.82) is 0 Å². The molecule has 0 amide bonds. The van der Waals surface area contributed by atoms with Gasteiger partial charge in [-0.05, 0) is 13.8 Å². The number of hydrogen-bond donors (Lipinski definition) is 1. The maximum Gasteiger partial charge on any atom is 0.214 e. The summed E-state index contributed by atoms with van der Waals surface area (Å²) in [4.78, 5) is 8.50. The highest BCUT2D eigenvalue weighted by Crippen LogP contribution is 2.22. The molecule has 0 aromatic carbocycles. The molecule has 2 heterocycles. The predicted molar refractivity (Wildman–Crippen MR) is 80.7 cm³/mol. The zero-order valence-corrected chi connectivity index (χ0v) is 13.6. The van der Waals surface area contributed by atoms with Crippen LogP contribution in [0.15, 0.2) is 6.20 Å². The van der Waals surface area contributed by atoms with Gasteiger partial charge < -0.3 is 10.1 Å². The van der Waals surface area contributed by atoms with E-state index in [-0.39, 0.29) is 17.7 Å². The van der Waals surface area contributed by atoms with Crippen molar-refractivity contribution in [2.75, 3.05) is 38.4 Å². The normalized spacial score (nSPS) is 22.7. The van der Waals surface area contributed by atoms with Crippen LogP contribution in [0.5, 0.6) is 0 Å². The second-order valence-corrected chi connectivity index (χ2v) is 7.79. The molecule has 7 nitrogen and oxygen atoms in total. The molecule has 1 aromatic rings. The average Bonchev–Trinajstić information content (AvgIpc) is 2.80. The minimum Gasteiger partial charge on any atom is -0.379 e. The Kier molecular flexibility index (Phi) is 4.80. The smallest absolute Gasteiger partial charge is 0.214 e. The molecule has 1 saturated heterocycles. The Morgan fingerprint density at radius 3 is 2.76 bits per heavy atom. The Balaban J connectivity index is 2.11. The van der Waals surface area contributed by atoms with Crippen LogP contribution >= 0.6 is 0 Å². The van der Waals surface area contributed by atoms with Crippen molar-refractivity contribution in [3.05, 3.63) is 17.6 Å². The lowest BCUT2D eigenvalue weighted by Crippen LogP contribution is -2.37. The number of aromatic nitrogens is 2. The second-order valence-electron chi connectivity index (χ2n) is 5.56. The van der Waals surface area contributed by atoms with Crippen LogP contribution in [-0.4, -0.2) is 61.8 Å². The molecule has 1 aliphatic heterocycles. The van der Waals surface area contributed by atoms with Crippen molar-refractivity contribution in [3.8, 4) is 0 Å². The van der Waals surface area contributed by atoms with Crippen molar-refractivity contribution in [1.82, 2.24) is 14.3 Å². The second kappa shape index (κ2) is 6.25. The van der Waals surface area contributed by atoms with E-state index in [1.165, 1.54) is 4.31 Å². The van der Waals surface area contributed by atoms with Gasteiger partial charge in [0.05, 0.1) is 25.0 Å². The summed E-state index contributed by atoms with van der Waals surface area (Å²) >= 11 is 0. The average molecular weight is 314 g/mol. The van der Waals surface area contributed by atoms with Gasteiger partial charge in [0, 0.05) is 31.8 Å². The Bertz CT molecular complexity index is 603. The van der Waals surface area contributed by atoms with Crippen LogP contribution in [0.4, 0.5) is 5.82 Å². The molecule has 1 N–H and O–H groups in total. The third-order valence-corrected chi connectivity index (χ3v) is 5.56. The molecule has 1 aliphatic rings. The fourth-order valence-electron chi connectivity index (χ4n) is 2.19. The van der Waals surface area contributed by atoms with Crippen molar-refractivity contribution in [3.63, 3.8) is 0 Å². The van der Waals surface area contributed by atoms with E-state index in [0.717, 1.165) is 11.4 Å². The fourth-order valence-corrected chi connectivity index (χ4v) is 3.36. The van der Waals surface area contributed by atoms with E-state index in [0.29, 0.717) is 19.0 Å². The lowest BCUT2D eigenvalue weighted by molar-refractivity contribution is 0.187. The molecule has 0 unspecified atom stereocenters. The quantitative estimate of drug-likeness (QED) is 0.847. The first-order chi connectivity index (χ1) is 9.79. The summed E-state index contributed by atoms with van der Waals surface area (Å²) in [5.74, 6) is 1.40. The van der Waals surface area contributed by atoms with E-state index in [1.54, 1.807) is 20.3 Å². The Labute approximate surface area is 125 Å². The molecule has 1 fully saturated rings.